The Morgan fingerprint density at radius 1 is 0.931 bits per heavy atom. The van der Waals surface area contributed by atoms with E-state index in [9.17, 15) is 26.3 Å². The second kappa shape index (κ2) is 8.59. The quantitative estimate of drug-likeness (QED) is 0.309. The Morgan fingerprint density at radius 3 is 2.24 bits per heavy atom. The van der Waals surface area contributed by atoms with Crippen LogP contribution in [0, 0.1) is 23.3 Å². The van der Waals surface area contributed by atoms with Crippen LogP contribution in [0.4, 0.5) is 26.3 Å². The Morgan fingerprint density at radius 2 is 1.62 bits per heavy atom. The summed E-state index contributed by atoms with van der Waals surface area (Å²) in [5.74, 6) is -5.47. The minimum Gasteiger partial charge on any atom is -0.429 e. The average molecular weight is 410 g/mol. The van der Waals surface area contributed by atoms with Gasteiger partial charge in [-0.2, -0.15) is 8.78 Å². The highest BCUT2D eigenvalue weighted by molar-refractivity contribution is 5.89. The third-order valence-corrected chi connectivity index (χ3v) is 4.42. The number of aryl methyl sites for hydroxylation is 1. The summed E-state index contributed by atoms with van der Waals surface area (Å²) in [6, 6.07) is 6.77. The minimum atomic E-state index is -3.40. The van der Waals surface area contributed by atoms with Crippen LogP contribution < -0.4 is 4.74 Å². The molecule has 0 radical (unpaired) electrons. The van der Waals surface area contributed by atoms with E-state index in [1.54, 1.807) is 0 Å². The van der Waals surface area contributed by atoms with Gasteiger partial charge < -0.3 is 4.74 Å². The molecule has 0 N–H and O–H groups in total. The van der Waals surface area contributed by atoms with E-state index in [-0.39, 0.29) is 21.9 Å². The molecule has 0 bridgehead atoms. The van der Waals surface area contributed by atoms with Crippen LogP contribution in [0.1, 0.15) is 18.9 Å². The summed E-state index contributed by atoms with van der Waals surface area (Å²) in [5.41, 5.74) is 0.206. The maximum Gasteiger partial charge on any atom is 0.387 e. The first kappa shape index (κ1) is 20.8. The van der Waals surface area contributed by atoms with Crippen molar-refractivity contribution in [3.8, 4) is 16.9 Å². The van der Waals surface area contributed by atoms with Gasteiger partial charge in [-0.3, -0.25) is 0 Å². The number of hydrogen-bond donors (Lipinski definition) is 0. The molecule has 3 aromatic rings. The predicted octanol–water partition coefficient (Wildman–Crippen LogP) is 7.17. The van der Waals surface area contributed by atoms with Gasteiger partial charge in [-0.05, 0) is 60.5 Å². The van der Waals surface area contributed by atoms with Gasteiger partial charge in [0.25, 0.3) is 0 Å². The predicted molar refractivity (Wildman–Crippen MR) is 99.0 cm³/mol. The Bertz CT molecular complexity index is 1050. The summed E-state index contributed by atoms with van der Waals surface area (Å²) in [7, 11) is 0. The van der Waals surface area contributed by atoms with Crippen LogP contribution in [0.15, 0.2) is 48.6 Å². The lowest BCUT2D eigenvalue weighted by atomic mass is 9.97. The number of allylic oxidation sites excluding steroid dienone is 2. The lowest BCUT2D eigenvalue weighted by Gasteiger charge is -2.12. The number of hydrogen-bond acceptors (Lipinski definition) is 1. The topological polar surface area (TPSA) is 9.23 Å². The van der Waals surface area contributed by atoms with Crippen LogP contribution in [0.3, 0.4) is 0 Å². The normalized spacial score (nSPS) is 11.7. The molecule has 0 saturated carbocycles. The van der Waals surface area contributed by atoms with Crippen molar-refractivity contribution in [3.05, 3.63) is 77.4 Å². The Kier molecular flexibility index (Phi) is 6.15. The SMILES string of the molecule is C/C=C/CCc1cc(F)c(-c2ccc3c(F)c(OC(F)F)c(F)cc3c2)c(F)c1. The number of ether oxygens (including phenoxy) is 1. The summed E-state index contributed by atoms with van der Waals surface area (Å²) >= 11 is 0. The molecule has 0 aliphatic heterocycles. The molecular formula is C22H16F6O. The van der Waals surface area contributed by atoms with Gasteiger partial charge in [-0.25, -0.2) is 17.6 Å². The number of alkyl halides is 2. The third kappa shape index (κ3) is 4.39. The van der Waals surface area contributed by atoms with E-state index in [0.29, 0.717) is 18.4 Å². The van der Waals surface area contributed by atoms with E-state index in [0.717, 1.165) is 12.1 Å². The van der Waals surface area contributed by atoms with Crippen molar-refractivity contribution in [2.24, 2.45) is 0 Å². The molecule has 0 saturated heterocycles. The summed E-state index contributed by atoms with van der Waals surface area (Å²) in [6.45, 7) is -1.55. The Labute approximate surface area is 163 Å². The molecule has 29 heavy (non-hydrogen) atoms. The molecule has 0 unspecified atom stereocenters. The Hall–Kier alpha value is -2.96. The van der Waals surface area contributed by atoms with Crippen LogP contribution in [-0.4, -0.2) is 6.61 Å². The first-order chi connectivity index (χ1) is 13.8. The standard InChI is InChI=1S/C22H16F6O/c1-2-3-4-5-12-8-16(23)19(17(24)9-12)13-6-7-15-14(10-13)11-18(25)21(20(15)26)29-22(27)28/h2-3,6-11,22H,4-5H2,1H3/b3-2+. The fourth-order valence-electron chi connectivity index (χ4n) is 3.13. The molecule has 0 atom stereocenters. The molecule has 152 valence electrons. The monoisotopic (exact) mass is 410 g/mol. The fourth-order valence-corrected chi connectivity index (χ4v) is 3.13. The van der Waals surface area contributed by atoms with E-state index in [4.69, 9.17) is 0 Å². The Balaban J connectivity index is 2.05. The zero-order valence-electron chi connectivity index (χ0n) is 15.3. The summed E-state index contributed by atoms with van der Waals surface area (Å²) < 4.78 is 86.0. The van der Waals surface area contributed by atoms with Gasteiger partial charge in [-0.1, -0.05) is 24.3 Å². The summed E-state index contributed by atoms with van der Waals surface area (Å²) in [5, 5.41) is -0.260. The summed E-state index contributed by atoms with van der Waals surface area (Å²) in [6.07, 6.45) is 4.81. The molecule has 0 fully saturated rings. The van der Waals surface area contributed by atoms with Gasteiger partial charge in [0.1, 0.15) is 11.6 Å². The molecule has 0 aliphatic rings. The first-order valence-corrected chi connectivity index (χ1v) is 8.77. The maximum absolute atomic E-state index is 14.6. The average Bonchev–Trinajstić information content (AvgIpc) is 2.64. The van der Waals surface area contributed by atoms with E-state index in [1.807, 2.05) is 19.1 Å². The zero-order valence-corrected chi connectivity index (χ0v) is 15.3. The lowest BCUT2D eigenvalue weighted by Crippen LogP contribution is -2.06. The van der Waals surface area contributed by atoms with Crippen molar-refractivity contribution in [1.82, 2.24) is 0 Å². The molecule has 1 nitrogen and oxygen atoms in total. The number of fused-ring (bicyclic) bond motifs is 1. The van der Waals surface area contributed by atoms with Gasteiger partial charge in [0.2, 0.25) is 0 Å². The highest BCUT2D eigenvalue weighted by Gasteiger charge is 2.20. The minimum absolute atomic E-state index is 0.0462. The van der Waals surface area contributed by atoms with Crippen molar-refractivity contribution >= 4 is 10.8 Å². The van der Waals surface area contributed by atoms with Crippen molar-refractivity contribution in [2.75, 3.05) is 0 Å². The molecule has 3 rings (SSSR count). The highest BCUT2D eigenvalue weighted by Crippen LogP contribution is 2.35. The zero-order chi connectivity index (χ0) is 21.1. The van der Waals surface area contributed by atoms with Crippen LogP contribution in [-0.2, 0) is 6.42 Å². The number of halogens is 6. The number of rotatable bonds is 6. The third-order valence-electron chi connectivity index (χ3n) is 4.42. The largest absolute Gasteiger partial charge is 0.429 e. The second-order valence-electron chi connectivity index (χ2n) is 6.36. The summed E-state index contributed by atoms with van der Waals surface area (Å²) in [4.78, 5) is 0. The van der Waals surface area contributed by atoms with Crippen LogP contribution in [0.5, 0.6) is 5.75 Å². The van der Waals surface area contributed by atoms with Crippen LogP contribution >= 0.6 is 0 Å². The van der Waals surface area contributed by atoms with Crippen molar-refractivity contribution in [1.29, 1.82) is 0 Å². The first-order valence-electron chi connectivity index (χ1n) is 8.77. The maximum atomic E-state index is 14.6. The second-order valence-corrected chi connectivity index (χ2v) is 6.36. The van der Waals surface area contributed by atoms with Crippen LogP contribution in [0.2, 0.25) is 0 Å². The van der Waals surface area contributed by atoms with Gasteiger partial charge >= 0.3 is 6.61 Å². The van der Waals surface area contributed by atoms with Crippen molar-refractivity contribution in [2.45, 2.75) is 26.4 Å². The van der Waals surface area contributed by atoms with Gasteiger partial charge in [0, 0.05) is 5.39 Å². The van der Waals surface area contributed by atoms with Crippen LogP contribution in [0.25, 0.3) is 21.9 Å². The molecular weight excluding hydrogens is 394 g/mol. The van der Waals surface area contributed by atoms with E-state index >= 15 is 0 Å². The molecule has 0 aromatic heterocycles. The molecule has 0 heterocycles. The fraction of sp³-hybridized carbons (Fsp3) is 0.182. The molecule has 0 spiro atoms. The van der Waals surface area contributed by atoms with E-state index in [1.165, 1.54) is 24.3 Å². The van der Waals surface area contributed by atoms with Crippen molar-refractivity contribution < 1.29 is 31.1 Å². The molecule has 7 heteroatoms. The number of benzene rings is 3. The molecule has 0 amide bonds. The molecule has 0 aliphatic carbocycles. The van der Waals surface area contributed by atoms with E-state index < -0.39 is 35.6 Å². The van der Waals surface area contributed by atoms with E-state index in [2.05, 4.69) is 4.74 Å². The van der Waals surface area contributed by atoms with Gasteiger partial charge in [-0.15, -0.1) is 0 Å². The lowest BCUT2D eigenvalue weighted by molar-refractivity contribution is -0.0544. The molecule has 3 aromatic carbocycles. The van der Waals surface area contributed by atoms with Crippen molar-refractivity contribution in [3.63, 3.8) is 0 Å². The smallest absolute Gasteiger partial charge is 0.387 e. The highest BCUT2D eigenvalue weighted by atomic mass is 19.3. The van der Waals surface area contributed by atoms with Gasteiger partial charge in [0.15, 0.2) is 17.4 Å². The van der Waals surface area contributed by atoms with Gasteiger partial charge in [0.05, 0.1) is 5.56 Å².